The molecule has 0 bridgehead atoms. The zero-order chi connectivity index (χ0) is 11.5. The van der Waals surface area contributed by atoms with Gasteiger partial charge < -0.3 is 10.6 Å². The Morgan fingerprint density at radius 3 is 2.94 bits per heavy atom. The molecule has 1 aromatic rings. The lowest BCUT2D eigenvalue weighted by molar-refractivity contribution is 0.0940. The molecule has 1 saturated heterocycles. The van der Waals surface area contributed by atoms with E-state index in [1.165, 1.54) is 0 Å². The number of benzene rings is 1. The van der Waals surface area contributed by atoms with Gasteiger partial charge in [-0.3, -0.25) is 4.79 Å². The number of amides is 1. The highest BCUT2D eigenvalue weighted by molar-refractivity contribution is 9.10. The third-order valence-corrected chi connectivity index (χ3v) is 3.20. The van der Waals surface area contributed by atoms with Crippen molar-refractivity contribution in [2.24, 2.45) is 0 Å². The Morgan fingerprint density at radius 1 is 1.50 bits per heavy atom. The molecule has 0 spiro atoms. The minimum Gasteiger partial charge on any atom is -0.348 e. The van der Waals surface area contributed by atoms with Crippen LogP contribution in [-0.4, -0.2) is 25.0 Å². The summed E-state index contributed by atoms with van der Waals surface area (Å²) in [6, 6.07) is 5.42. The number of nitrogens with one attached hydrogen (secondary N) is 2. The summed E-state index contributed by atoms with van der Waals surface area (Å²) in [5.41, 5.74) is 0.589. The van der Waals surface area contributed by atoms with Gasteiger partial charge in [0.2, 0.25) is 0 Å². The van der Waals surface area contributed by atoms with Crippen LogP contribution in [0.3, 0.4) is 0 Å². The van der Waals surface area contributed by atoms with E-state index in [0.29, 0.717) is 10.6 Å². The van der Waals surface area contributed by atoms with Crippen molar-refractivity contribution in [3.8, 4) is 0 Å². The molecule has 0 unspecified atom stereocenters. The van der Waals surface area contributed by atoms with Gasteiger partial charge in [-0.05, 0) is 31.2 Å². The van der Waals surface area contributed by atoms with Crippen LogP contribution >= 0.6 is 27.5 Å². The van der Waals surface area contributed by atoms with Crippen LogP contribution in [-0.2, 0) is 0 Å². The molecule has 1 fully saturated rings. The SMILES string of the molecule is O=C(N[C@H]1CCNC1)c1cc(Cl)cc(Br)c1. The Labute approximate surface area is 108 Å². The molecule has 1 aliphatic heterocycles. The van der Waals surface area contributed by atoms with Crippen molar-refractivity contribution in [3.63, 3.8) is 0 Å². The first-order valence-corrected chi connectivity index (χ1v) is 6.30. The summed E-state index contributed by atoms with van der Waals surface area (Å²) in [5, 5.41) is 6.73. The van der Waals surface area contributed by atoms with Crippen LogP contribution in [0.15, 0.2) is 22.7 Å². The van der Waals surface area contributed by atoms with Gasteiger partial charge in [-0.2, -0.15) is 0 Å². The van der Waals surface area contributed by atoms with E-state index < -0.39 is 0 Å². The van der Waals surface area contributed by atoms with Crippen molar-refractivity contribution in [2.45, 2.75) is 12.5 Å². The molecule has 1 aromatic carbocycles. The molecular formula is C11H12BrClN2O. The summed E-state index contributed by atoms with van der Waals surface area (Å²) in [5.74, 6) is -0.0723. The largest absolute Gasteiger partial charge is 0.348 e. The standard InChI is InChI=1S/C11H12BrClN2O/c12-8-3-7(4-9(13)5-8)11(16)15-10-1-2-14-6-10/h3-5,10,14H,1-2,6H2,(H,15,16)/t10-/m0/s1. The maximum atomic E-state index is 11.9. The molecule has 2 N–H and O–H groups in total. The van der Waals surface area contributed by atoms with E-state index in [9.17, 15) is 4.79 Å². The van der Waals surface area contributed by atoms with Crippen molar-refractivity contribution in [1.82, 2.24) is 10.6 Å². The van der Waals surface area contributed by atoms with E-state index in [1.807, 2.05) is 0 Å². The van der Waals surface area contributed by atoms with Gasteiger partial charge in [0.15, 0.2) is 0 Å². The first kappa shape index (κ1) is 11.9. The van der Waals surface area contributed by atoms with Crippen LogP contribution in [0, 0.1) is 0 Å². The lowest BCUT2D eigenvalue weighted by Gasteiger charge is -2.11. The van der Waals surface area contributed by atoms with Crippen molar-refractivity contribution in [1.29, 1.82) is 0 Å². The van der Waals surface area contributed by atoms with Gasteiger partial charge in [-0.25, -0.2) is 0 Å². The number of halogens is 2. The second-order valence-electron chi connectivity index (χ2n) is 3.82. The fourth-order valence-corrected chi connectivity index (χ4v) is 2.59. The number of carbonyl (C=O) groups excluding carboxylic acids is 1. The van der Waals surface area contributed by atoms with Gasteiger partial charge in [-0.15, -0.1) is 0 Å². The topological polar surface area (TPSA) is 41.1 Å². The third-order valence-electron chi connectivity index (χ3n) is 2.52. The molecule has 1 heterocycles. The smallest absolute Gasteiger partial charge is 0.251 e. The third kappa shape index (κ3) is 2.97. The Morgan fingerprint density at radius 2 is 2.31 bits per heavy atom. The molecule has 1 amide bonds. The monoisotopic (exact) mass is 302 g/mol. The number of hydrogen-bond donors (Lipinski definition) is 2. The summed E-state index contributed by atoms with van der Waals surface area (Å²) in [7, 11) is 0. The van der Waals surface area contributed by atoms with E-state index in [4.69, 9.17) is 11.6 Å². The zero-order valence-electron chi connectivity index (χ0n) is 8.59. The molecule has 3 nitrogen and oxygen atoms in total. The lowest BCUT2D eigenvalue weighted by atomic mass is 10.2. The fraction of sp³-hybridized carbons (Fsp3) is 0.364. The van der Waals surface area contributed by atoms with Crippen molar-refractivity contribution in [3.05, 3.63) is 33.3 Å². The zero-order valence-corrected chi connectivity index (χ0v) is 10.9. The Kier molecular flexibility index (Phi) is 3.84. The summed E-state index contributed by atoms with van der Waals surface area (Å²) in [6.07, 6.45) is 0.980. The molecule has 5 heteroatoms. The molecule has 0 saturated carbocycles. The number of hydrogen-bond acceptors (Lipinski definition) is 2. The quantitative estimate of drug-likeness (QED) is 0.879. The lowest BCUT2D eigenvalue weighted by Crippen LogP contribution is -2.36. The summed E-state index contributed by atoms with van der Waals surface area (Å²) >= 11 is 9.21. The molecule has 0 aliphatic carbocycles. The Bertz CT molecular complexity index is 385. The molecule has 16 heavy (non-hydrogen) atoms. The molecule has 2 rings (SSSR count). The maximum Gasteiger partial charge on any atom is 0.251 e. The van der Waals surface area contributed by atoms with Crippen LogP contribution in [0.1, 0.15) is 16.8 Å². The number of carbonyl (C=O) groups is 1. The molecule has 0 radical (unpaired) electrons. The van der Waals surface area contributed by atoms with E-state index >= 15 is 0 Å². The van der Waals surface area contributed by atoms with E-state index in [-0.39, 0.29) is 11.9 Å². The minimum atomic E-state index is -0.0723. The van der Waals surface area contributed by atoms with Crippen molar-refractivity contribution in [2.75, 3.05) is 13.1 Å². The van der Waals surface area contributed by atoms with Crippen LogP contribution in [0.2, 0.25) is 5.02 Å². The number of rotatable bonds is 2. The van der Waals surface area contributed by atoms with Crippen LogP contribution in [0.5, 0.6) is 0 Å². The molecule has 1 aliphatic rings. The highest BCUT2D eigenvalue weighted by Gasteiger charge is 2.17. The van der Waals surface area contributed by atoms with Gasteiger partial charge in [0.1, 0.15) is 0 Å². The van der Waals surface area contributed by atoms with Crippen molar-refractivity contribution >= 4 is 33.4 Å². The van der Waals surface area contributed by atoms with Gasteiger partial charge in [0.05, 0.1) is 0 Å². The minimum absolute atomic E-state index is 0.0723. The molecule has 0 aromatic heterocycles. The van der Waals surface area contributed by atoms with Gasteiger partial charge in [0, 0.05) is 27.6 Å². The Hall–Kier alpha value is -0.580. The summed E-state index contributed by atoms with van der Waals surface area (Å²) in [4.78, 5) is 11.9. The molecule has 1 atom stereocenters. The first-order chi connectivity index (χ1) is 7.65. The second kappa shape index (κ2) is 5.17. The normalized spacial score (nSPS) is 19.8. The van der Waals surface area contributed by atoms with Gasteiger partial charge in [-0.1, -0.05) is 27.5 Å². The molecular weight excluding hydrogens is 291 g/mol. The molecule has 86 valence electrons. The van der Waals surface area contributed by atoms with E-state index in [2.05, 4.69) is 26.6 Å². The highest BCUT2D eigenvalue weighted by Crippen LogP contribution is 2.19. The fourth-order valence-electron chi connectivity index (χ4n) is 1.73. The second-order valence-corrected chi connectivity index (χ2v) is 5.17. The van der Waals surface area contributed by atoms with Crippen molar-refractivity contribution < 1.29 is 4.79 Å². The maximum absolute atomic E-state index is 11.9. The first-order valence-electron chi connectivity index (χ1n) is 5.13. The van der Waals surface area contributed by atoms with Crippen LogP contribution < -0.4 is 10.6 Å². The Balaban J connectivity index is 2.07. The predicted octanol–water partition coefficient (Wildman–Crippen LogP) is 2.19. The van der Waals surface area contributed by atoms with E-state index in [1.54, 1.807) is 18.2 Å². The van der Waals surface area contributed by atoms with Crippen LogP contribution in [0.25, 0.3) is 0 Å². The predicted molar refractivity (Wildman–Crippen MR) is 67.9 cm³/mol. The summed E-state index contributed by atoms with van der Waals surface area (Å²) < 4.78 is 0.815. The van der Waals surface area contributed by atoms with Gasteiger partial charge >= 0.3 is 0 Å². The average Bonchev–Trinajstić information content (AvgIpc) is 2.68. The highest BCUT2D eigenvalue weighted by atomic mass is 79.9. The van der Waals surface area contributed by atoms with Crippen LogP contribution in [0.4, 0.5) is 0 Å². The van der Waals surface area contributed by atoms with E-state index in [0.717, 1.165) is 24.0 Å². The summed E-state index contributed by atoms with van der Waals surface area (Å²) in [6.45, 7) is 1.80. The van der Waals surface area contributed by atoms with Gasteiger partial charge in [0.25, 0.3) is 5.91 Å². The average molecular weight is 304 g/mol.